The van der Waals surface area contributed by atoms with Crippen LogP contribution < -0.4 is 10.6 Å². The second-order valence-corrected chi connectivity index (χ2v) is 7.01. The molecular formula is C16H20N4O3S. The molecule has 0 saturated heterocycles. The van der Waals surface area contributed by atoms with Crippen LogP contribution in [0, 0.1) is 5.92 Å². The van der Waals surface area contributed by atoms with Gasteiger partial charge in [0.25, 0.3) is 0 Å². The number of aromatic nitrogens is 2. The number of anilines is 2. The van der Waals surface area contributed by atoms with Crippen molar-refractivity contribution in [1.29, 1.82) is 0 Å². The zero-order chi connectivity index (χ0) is 17.1. The van der Waals surface area contributed by atoms with Crippen molar-refractivity contribution in [2.75, 3.05) is 10.6 Å². The standard InChI is InChI=1S/C16H20N4O3S/c1-9(2)15(22)19-16-17-10(8-24-16)7-13(21)18-14-11-5-3-4-6-12(11)23-20-14/h8-9H,3-7H2,1-2H3,(H,17,19,22)(H,18,20,21). The first-order chi connectivity index (χ1) is 11.5. The second kappa shape index (κ2) is 7.12. The fourth-order valence-electron chi connectivity index (χ4n) is 2.52. The molecule has 7 nitrogen and oxygen atoms in total. The largest absolute Gasteiger partial charge is 0.359 e. The molecule has 1 aliphatic rings. The van der Waals surface area contributed by atoms with Crippen molar-refractivity contribution < 1.29 is 14.1 Å². The van der Waals surface area contributed by atoms with Crippen molar-refractivity contribution >= 4 is 34.1 Å². The van der Waals surface area contributed by atoms with E-state index in [1.807, 2.05) is 13.8 Å². The number of rotatable bonds is 5. The Labute approximate surface area is 143 Å². The number of carbonyl (C=O) groups is 2. The smallest absolute Gasteiger partial charge is 0.231 e. The predicted octanol–water partition coefficient (Wildman–Crippen LogP) is 2.79. The third kappa shape index (κ3) is 3.81. The van der Waals surface area contributed by atoms with Gasteiger partial charge in [-0.2, -0.15) is 0 Å². The number of aryl methyl sites for hydroxylation is 1. The summed E-state index contributed by atoms with van der Waals surface area (Å²) in [6.45, 7) is 3.63. The average molecular weight is 348 g/mol. The molecule has 2 aromatic rings. The van der Waals surface area contributed by atoms with Crippen LogP contribution in [0.3, 0.4) is 0 Å². The third-order valence-corrected chi connectivity index (χ3v) is 4.66. The van der Waals surface area contributed by atoms with Gasteiger partial charge in [0.1, 0.15) is 5.76 Å². The molecule has 128 valence electrons. The molecule has 2 amide bonds. The summed E-state index contributed by atoms with van der Waals surface area (Å²) >= 11 is 1.31. The molecule has 2 heterocycles. The zero-order valence-corrected chi connectivity index (χ0v) is 14.5. The molecular weight excluding hydrogens is 328 g/mol. The maximum absolute atomic E-state index is 12.2. The zero-order valence-electron chi connectivity index (χ0n) is 13.7. The molecule has 0 unspecified atom stereocenters. The molecule has 0 fully saturated rings. The first-order valence-electron chi connectivity index (χ1n) is 8.05. The summed E-state index contributed by atoms with van der Waals surface area (Å²) in [5.41, 5.74) is 1.63. The summed E-state index contributed by atoms with van der Waals surface area (Å²) < 4.78 is 5.28. The van der Waals surface area contributed by atoms with Crippen molar-refractivity contribution in [2.45, 2.75) is 46.0 Å². The molecule has 1 aliphatic carbocycles. The minimum atomic E-state index is -0.191. The van der Waals surface area contributed by atoms with Crippen molar-refractivity contribution in [2.24, 2.45) is 5.92 Å². The molecule has 2 N–H and O–H groups in total. The summed E-state index contributed by atoms with van der Waals surface area (Å²) in [6.07, 6.45) is 4.08. The fourth-order valence-corrected chi connectivity index (χ4v) is 3.23. The van der Waals surface area contributed by atoms with E-state index >= 15 is 0 Å². The fraction of sp³-hybridized carbons (Fsp3) is 0.500. The van der Waals surface area contributed by atoms with Gasteiger partial charge in [-0.1, -0.05) is 19.0 Å². The number of thiazole rings is 1. The SMILES string of the molecule is CC(C)C(=O)Nc1nc(CC(=O)Nc2noc3c2CCCC3)cs1. The molecule has 2 aromatic heterocycles. The molecule has 0 atom stereocenters. The van der Waals surface area contributed by atoms with Crippen LogP contribution in [0.15, 0.2) is 9.90 Å². The molecule has 24 heavy (non-hydrogen) atoms. The molecule has 0 aromatic carbocycles. The maximum Gasteiger partial charge on any atom is 0.231 e. The predicted molar refractivity (Wildman–Crippen MR) is 91.1 cm³/mol. The summed E-state index contributed by atoms with van der Waals surface area (Å²) in [5.74, 6) is 1.01. The molecule has 0 spiro atoms. The van der Waals surface area contributed by atoms with E-state index in [1.165, 1.54) is 11.3 Å². The van der Waals surface area contributed by atoms with Crippen LogP contribution in [0.4, 0.5) is 10.9 Å². The Morgan fingerprint density at radius 2 is 2.08 bits per heavy atom. The van der Waals surface area contributed by atoms with Gasteiger partial charge in [0.15, 0.2) is 10.9 Å². The molecule has 0 radical (unpaired) electrons. The summed E-state index contributed by atoms with van der Waals surface area (Å²) in [7, 11) is 0. The van der Waals surface area contributed by atoms with E-state index in [9.17, 15) is 9.59 Å². The van der Waals surface area contributed by atoms with Gasteiger partial charge < -0.3 is 15.2 Å². The lowest BCUT2D eigenvalue weighted by atomic mass is 9.98. The van der Waals surface area contributed by atoms with E-state index in [1.54, 1.807) is 5.38 Å². The highest BCUT2D eigenvalue weighted by Crippen LogP contribution is 2.27. The Morgan fingerprint density at radius 3 is 2.88 bits per heavy atom. The minimum absolute atomic E-state index is 0.0884. The lowest BCUT2D eigenvalue weighted by molar-refractivity contribution is -0.119. The van der Waals surface area contributed by atoms with Crippen LogP contribution in [0.2, 0.25) is 0 Å². The number of nitrogens with one attached hydrogen (secondary N) is 2. The van der Waals surface area contributed by atoms with E-state index in [2.05, 4.69) is 20.8 Å². The van der Waals surface area contributed by atoms with Crippen LogP contribution in [0.1, 0.15) is 43.7 Å². The van der Waals surface area contributed by atoms with E-state index in [0.29, 0.717) is 16.6 Å². The number of hydrogen-bond acceptors (Lipinski definition) is 6. The lowest BCUT2D eigenvalue weighted by Gasteiger charge is -2.09. The summed E-state index contributed by atoms with van der Waals surface area (Å²) in [4.78, 5) is 28.1. The quantitative estimate of drug-likeness (QED) is 0.866. The number of hydrogen-bond donors (Lipinski definition) is 2. The van der Waals surface area contributed by atoms with Gasteiger partial charge in [0.05, 0.1) is 12.1 Å². The van der Waals surface area contributed by atoms with Gasteiger partial charge in [0, 0.05) is 23.3 Å². The molecule has 0 saturated carbocycles. The third-order valence-electron chi connectivity index (χ3n) is 3.86. The highest BCUT2D eigenvalue weighted by molar-refractivity contribution is 7.13. The van der Waals surface area contributed by atoms with Crippen molar-refractivity contribution in [1.82, 2.24) is 10.1 Å². The molecule has 0 aliphatic heterocycles. The Balaban J connectivity index is 1.58. The van der Waals surface area contributed by atoms with Gasteiger partial charge in [-0.05, 0) is 19.3 Å². The second-order valence-electron chi connectivity index (χ2n) is 6.15. The number of fused-ring (bicyclic) bond motifs is 1. The van der Waals surface area contributed by atoms with Crippen molar-refractivity contribution in [3.63, 3.8) is 0 Å². The van der Waals surface area contributed by atoms with Crippen LogP contribution in [0.25, 0.3) is 0 Å². The molecule has 8 heteroatoms. The van der Waals surface area contributed by atoms with E-state index < -0.39 is 0 Å². The van der Waals surface area contributed by atoms with Gasteiger partial charge in [0.2, 0.25) is 11.8 Å². The Bertz CT molecular complexity index is 750. The van der Waals surface area contributed by atoms with Crippen LogP contribution >= 0.6 is 11.3 Å². The lowest BCUT2D eigenvalue weighted by Crippen LogP contribution is -2.18. The Morgan fingerprint density at radius 1 is 1.29 bits per heavy atom. The van der Waals surface area contributed by atoms with Crippen molar-refractivity contribution in [3.8, 4) is 0 Å². The Hall–Kier alpha value is -2.22. The van der Waals surface area contributed by atoms with Gasteiger partial charge in [-0.25, -0.2) is 4.98 Å². The van der Waals surface area contributed by atoms with E-state index in [0.717, 1.165) is 37.0 Å². The first-order valence-corrected chi connectivity index (χ1v) is 8.93. The highest BCUT2D eigenvalue weighted by Gasteiger charge is 2.21. The van der Waals surface area contributed by atoms with E-state index in [-0.39, 0.29) is 24.2 Å². The number of carbonyl (C=O) groups excluding carboxylic acids is 2. The highest BCUT2D eigenvalue weighted by atomic mass is 32.1. The molecule has 0 bridgehead atoms. The summed E-state index contributed by atoms with van der Waals surface area (Å²) in [5, 5.41) is 11.8. The number of nitrogens with zero attached hydrogens (tertiary/aromatic N) is 2. The first kappa shape index (κ1) is 16.6. The van der Waals surface area contributed by atoms with Gasteiger partial charge >= 0.3 is 0 Å². The summed E-state index contributed by atoms with van der Waals surface area (Å²) in [6, 6.07) is 0. The topological polar surface area (TPSA) is 97.1 Å². The van der Waals surface area contributed by atoms with Crippen LogP contribution in [-0.2, 0) is 28.9 Å². The Kier molecular flexibility index (Phi) is 4.94. The van der Waals surface area contributed by atoms with Gasteiger partial charge in [-0.3, -0.25) is 9.59 Å². The van der Waals surface area contributed by atoms with Crippen LogP contribution in [0.5, 0.6) is 0 Å². The van der Waals surface area contributed by atoms with E-state index in [4.69, 9.17) is 4.52 Å². The monoisotopic (exact) mass is 348 g/mol. The number of amides is 2. The average Bonchev–Trinajstić information content (AvgIpc) is 3.15. The van der Waals surface area contributed by atoms with Crippen molar-refractivity contribution in [3.05, 3.63) is 22.4 Å². The minimum Gasteiger partial charge on any atom is -0.359 e. The van der Waals surface area contributed by atoms with Crippen LogP contribution in [-0.4, -0.2) is 22.0 Å². The molecule has 3 rings (SSSR count). The normalized spacial score (nSPS) is 13.6. The van der Waals surface area contributed by atoms with Gasteiger partial charge in [-0.15, -0.1) is 11.3 Å². The maximum atomic E-state index is 12.2.